The summed E-state index contributed by atoms with van der Waals surface area (Å²) in [6.45, 7) is 7.06. The molecule has 1 fully saturated rings. The molecule has 0 unspecified atom stereocenters. The number of aromatic nitrogens is 2. The lowest BCUT2D eigenvalue weighted by Crippen LogP contribution is -2.44. The fraction of sp³-hybridized carbons (Fsp3) is 0.450. The molecule has 144 valence electrons. The highest BCUT2D eigenvalue weighted by Crippen LogP contribution is 2.24. The number of hydrogen-bond donors (Lipinski definition) is 1. The van der Waals surface area contributed by atoms with Crippen molar-refractivity contribution >= 4 is 23.4 Å². The Morgan fingerprint density at radius 3 is 2.44 bits per heavy atom. The Morgan fingerprint density at radius 1 is 1.19 bits per heavy atom. The first-order chi connectivity index (χ1) is 12.8. The van der Waals surface area contributed by atoms with Crippen molar-refractivity contribution in [2.24, 2.45) is 0 Å². The van der Waals surface area contributed by atoms with Crippen molar-refractivity contribution in [3.05, 3.63) is 41.7 Å². The van der Waals surface area contributed by atoms with Gasteiger partial charge in [0, 0.05) is 30.4 Å². The Morgan fingerprint density at radius 2 is 1.85 bits per heavy atom. The molecule has 1 N–H and O–H groups in total. The number of hydrogen-bond acceptors (Lipinski definition) is 5. The van der Waals surface area contributed by atoms with Crippen molar-refractivity contribution in [1.82, 2.24) is 15.1 Å². The van der Waals surface area contributed by atoms with Crippen LogP contribution in [0.15, 0.2) is 36.5 Å². The lowest BCUT2D eigenvalue weighted by atomic mass is 10.0. The van der Waals surface area contributed by atoms with E-state index in [9.17, 15) is 4.79 Å². The molecule has 1 saturated heterocycles. The van der Waals surface area contributed by atoms with Crippen molar-refractivity contribution in [2.45, 2.75) is 45.3 Å². The summed E-state index contributed by atoms with van der Waals surface area (Å²) in [7, 11) is 0. The monoisotopic (exact) mass is 388 g/mol. The molecule has 7 heteroatoms. The Kier molecular flexibility index (Phi) is 5.85. The first-order valence-corrected chi connectivity index (χ1v) is 9.51. The van der Waals surface area contributed by atoms with Gasteiger partial charge in [-0.25, -0.2) is 4.79 Å². The van der Waals surface area contributed by atoms with Crippen molar-refractivity contribution < 1.29 is 9.53 Å². The first-order valence-electron chi connectivity index (χ1n) is 9.13. The van der Waals surface area contributed by atoms with Crippen LogP contribution < -0.4 is 5.32 Å². The van der Waals surface area contributed by atoms with E-state index in [4.69, 9.17) is 16.3 Å². The number of piperidine rings is 1. The third kappa shape index (κ3) is 5.57. The molecule has 0 spiro atoms. The van der Waals surface area contributed by atoms with Crippen molar-refractivity contribution in [3.63, 3.8) is 0 Å². The van der Waals surface area contributed by atoms with E-state index >= 15 is 0 Å². The number of rotatable bonds is 3. The summed E-state index contributed by atoms with van der Waals surface area (Å²) in [5, 5.41) is 11.6. The van der Waals surface area contributed by atoms with Crippen LogP contribution >= 0.6 is 11.6 Å². The topological polar surface area (TPSA) is 67.3 Å². The Labute approximate surface area is 164 Å². The molecular weight excluding hydrogens is 364 g/mol. The molecule has 0 atom stereocenters. The molecule has 0 saturated carbocycles. The molecule has 1 aromatic heterocycles. The number of likely N-dealkylation sites (tertiary alicyclic amines) is 1. The summed E-state index contributed by atoms with van der Waals surface area (Å²) in [6, 6.07) is 10.3. The number of carbonyl (C=O) groups is 1. The number of amides is 1. The van der Waals surface area contributed by atoms with Crippen LogP contribution in [0.4, 0.5) is 10.5 Å². The second kappa shape index (κ2) is 8.13. The van der Waals surface area contributed by atoms with E-state index in [1.165, 1.54) is 0 Å². The summed E-state index contributed by atoms with van der Waals surface area (Å²) in [6.07, 6.45) is 3.26. The summed E-state index contributed by atoms with van der Waals surface area (Å²) >= 11 is 5.90. The molecule has 2 heterocycles. The molecule has 1 aliphatic rings. The van der Waals surface area contributed by atoms with Crippen molar-refractivity contribution in [1.29, 1.82) is 0 Å². The first kappa shape index (κ1) is 19.4. The normalized spacial score (nSPS) is 15.5. The van der Waals surface area contributed by atoms with Crippen LogP contribution in [0.2, 0.25) is 5.15 Å². The molecule has 3 rings (SSSR count). The van der Waals surface area contributed by atoms with E-state index in [-0.39, 0.29) is 6.09 Å². The Bertz CT molecular complexity index is 781. The van der Waals surface area contributed by atoms with Gasteiger partial charge in [0.25, 0.3) is 0 Å². The number of halogens is 1. The van der Waals surface area contributed by atoms with Crippen LogP contribution in [0.25, 0.3) is 11.1 Å². The number of anilines is 1. The molecule has 0 radical (unpaired) electrons. The minimum absolute atomic E-state index is 0.227. The zero-order chi connectivity index (χ0) is 19.4. The smallest absolute Gasteiger partial charge is 0.410 e. The predicted molar refractivity (Wildman–Crippen MR) is 107 cm³/mol. The fourth-order valence-electron chi connectivity index (χ4n) is 3.03. The van der Waals surface area contributed by atoms with Crippen molar-refractivity contribution in [2.75, 3.05) is 18.4 Å². The minimum Gasteiger partial charge on any atom is -0.444 e. The van der Waals surface area contributed by atoms with Crippen molar-refractivity contribution in [3.8, 4) is 11.1 Å². The number of nitrogens with zero attached hydrogens (tertiary/aromatic N) is 3. The van der Waals surface area contributed by atoms with Crippen LogP contribution in [0.5, 0.6) is 0 Å². The third-order valence-corrected chi connectivity index (χ3v) is 4.55. The number of nitrogens with one attached hydrogen (secondary N) is 1. The summed E-state index contributed by atoms with van der Waals surface area (Å²) in [5.41, 5.74) is 2.58. The zero-order valence-corrected chi connectivity index (χ0v) is 16.7. The Balaban J connectivity index is 1.53. The zero-order valence-electron chi connectivity index (χ0n) is 15.9. The van der Waals surface area contributed by atoms with Crippen LogP contribution in [-0.2, 0) is 4.74 Å². The average Bonchev–Trinajstić information content (AvgIpc) is 2.61. The number of carbonyl (C=O) groups excluding carboxylic acids is 1. The quantitative estimate of drug-likeness (QED) is 0.831. The third-order valence-electron chi connectivity index (χ3n) is 4.36. The van der Waals surface area contributed by atoms with Crippen LogP contribution in [0, 0.1) is 0 Å². The number of ether oxygens (including phenoxy) is 1. The van der Waals surface area contributed by atoms with Crippen LogP contribution in [-0.4, -0.2) is 45.9 Å². The minimum atomic E-state index is -0.456. The van der Waals surface area contributed by atoms with Gasteiger partial charge in [0.1, 0.15) is 5.60 Å². The van der Waals surface area contributed by atoms with E-state index in [1.807, 2.05) is 45.0 Å². The van der Waals surface area contributed by atoms with Gasteiger partial charge in [-0.05, 0) is 57.4 Å². The molecule has 2 aromatic rings. The maximum atomic E-state index is 12.1. The van der Waals surface area contributed by atoms with E-state index in [0.29, 0.717) is 24.3 Å². The van der Waals surface area contributed by atoms with Gasteiger partial charge in [0.15, 0.2) is 5.15 Å². The van der Waals surface area contributed by atoms with Gasteiger partial charge >= 0.3 is 6.09 Å². The Hall–Kier alpha value is -2.34. The van der Waals surface area contributed by atoms with E-state index in [0.717, 1.165) is 29.7 Å². The maximum absolute atomic E-state index is 12.1. The molecule has 1 aromatic carbocycles. The largest absolute Gasteiger partial charge is 0.444 e. The van der Waals surface area contributed by atoms with Gasteiger partial charge in [-0.3, -0.25) is 0 Å². The highest BCUT2D eigenvalue weighted by Gasteiger charge is 2.26. The molecule has 1 amide bonds. The average molecular weight is 389 g/mol. The molecule has 0 aliphatic carbocycles. The SMILES string of the molecule is CC(C)(C)OC(=O)N1CCC(Nc2ccc(-c3cnnc(Cl)c3)cc2)CC1. The van der Waals surface area contributed by atoms with E-state index in [2.05, 4.69) is 15.5 Å². The maximum Gasteiger partial charge on any atom is 0.410 e. The molecule has 27 heavy (non-hydrogen) atoms. The lowest BCUT2D eigenvalue weighted by molar-refractivity contribution is 0.0210. The van der Waals surface area contributed by atoms with Gasteiger partial charge in [0.05, 0.1) is 6.20 Å². The molecule has 6 nitrogen and oxygen atoms in total. The molecular formula is C20H25ClN4O2. The second-order valence-corrected chi connectivity index (χ2v) is 8.12. The summed E-state index contributed by atoms with van der Waals surface area (Å²) in [5.74, 6) is 0. The predicted octanol–water partition coefficient (Wildman–Crippen LogP) is 4.61. The van der Waals surface area contributed by atoms with Gasteiger partial charge < -0.3 is 15.0 Å². The summed E-state index contributed by atoms with van der Waals surface area (Å²) < 4.78 is 5.44. The standard InChI is InChI=1S/C20H25ClN4O2/c1-20(2,3)27-19(26)25-10-8-17(9-11-25)23-16-6-4-14(5-7-16)15-12-18(21)24-22-13-15/h4-7,12-13,17,23H,8-11H2,1-3H3. The second-order valence-electron chi connectivity index (χ2n) is 7.73. The fourth-order valence-corrected chi connectivity index (χ4v) is 3.19. The van der Waals surface area contributed by atoms with E-state index in [1.54, 1.807) is 17.2 Å². The van der Waals surface area contributed by atoms with Crippen LogP contribution in [0.3, 0.4) is 0 Å². The molecule has 0 bridgehead atoms. The highest BCUT2D eigenvalue weighted by molar-refractivity contribution is 6.29. The number of benzene rings is 1. The van der Waals surface area contributed by atoms with E-state index < -0.39 is 5.60 Å². The summed E-state index contributed by atoms with van der Waals surface area (Å²) in [4.78, 5) is 13.9. The van der Waals surface area contributed by atoms with Gasteiger partial charge in [-0.15, -0.1) is 5.10 Å². The van der Waals surface area contributed by atoms with Gasteiger partial charge in [-0.2, -0.15) is 5.10 Å². The molecule has 1 aliphatic heterocycles. The van der Waals surface area contributed by atoms with Crippen LogP contribution in [0.1, 0.15) is 33.6 Å². The van der Waals surface area contributed by atoms with Gasteiger partial charge in [0.2, 0.25) is 0 Å². The van der Waals surface area contributed by atoms with Gasteiger partial charge in [-0.1, -0.05) is 23.7 Å². The lowest BCUT2D eigenvalue weighted by Gasteiger charge is -2.34. The highest BCUT2D eigenvalue weighted by atomic mass is 35.5.